The van der Waals surface area contributed by atoms with Crippen LogP contribution in [0.3, 0.4) is 0 Å². The van der Waals surface area contributed by atoms with E-state index < -0.39 is 0 Å². The van der Waals surface area contributed by atoms with Crippen LogP contribution in [0.5, 0.6) is 5.75 Å². The summed E-state index contributed by atoms with van der Waals surface area (Å²) in [6.07, 6.45) is 1.94. The lowest BCUT2D eigenvalue weighted by atomic mass is 10.0. The lowest BCUT2D eigenvalue weighted by Crippen LogP contribution is -2.31. The molecule has 2 atom stereocenters. The van der Waals surface area contributed by atoms with Crippen molar-refractivity contribution in [1.29, 1.82) is 0 Å². The van der Waals surface area contributed by atoms with Crippen LogP contribution in [-0.2, 0) is 16.0 Å². The summed E-state index contributed by atoms with van der Waals surface area (Å²) in [6, 6.07) is 5.63. The standard InChI is InChI=1S/C16H17NO4/c18-15(17-7-12-9-21-16(19)13(12)8-17)11-3-4-14-10(6-11)2-1-5-20-14/h3-4,6,12-13H,1-2,5,7-9H2/t12-,13-/m1/s1. The molecule has 5 nitrogen and oxygen atoms in total. The van der Waals surface area contributed by atoms with Gasteiger partial charge in [-0.1, -0.05) is 0 Å². The predicted octanol–water partition coefficient (Wildman–Crippen LogP) is 1.26. The fourth-order valence-corrected chi connectivity index (χ4v) is 3.45. The zero-order chi connectivity index (χ0) is 14.4. The molecule has 0 unspecified atom stereocenters. The molecular formula is C16H17NO4. The highest BCUT2D eigenvalue weighted by atomic mass is 16.5. The molecule has 1 aromatic rings. The number of hydrogen-bond donors (Lipinski definition) is 0. The summed E-state index contributed by atoms with van der Waals surface area (Å²) in [5.74, 6) is 0.775. The molecule has 3 heterocycles. The smallest absolute Gasteiger partial charge is 0.311 e. The van der Waals surface area contributed by atoms with Gasteiger partial charge < -0.3 is 14.4 Å². The first kappa shape index (κ1) is 12.7. The summed E-state index contributed by atoms with van der Waals surface area (Å²) in [7, 11) is 0. The second kappa shape index (κ2) is 4.76. The normalized spacial score (nSPS) is 26.9. The molecule has 0 aromatic heterocycles. The number of carbonyl (C=O) groups excluding carboxylic acids is 2. The Bertz CT molecular complexity index is 612. The van der Waals surface area contributed by atoms with E-state index >= 15 is 0 Å². The summed E-state index contributed by atoms with van der Waals surface area (Å²) in [5.41, 5.74) is 1.79. The van der Waals surface area contributed by atoms with Crippen LogP contribution in [0.4, 0.5) is 0 Å². The first-order valence-corrected chi connectivity index (χ1v) is 7.44. The molecule has 0 N–H and O–H groups in total. The molecule has 110 valence electrons. The molecule has 2 fully saturated rings. The maximum absolute atomic E-state index is 12.6. The average Bonchev–Trinajstić information content (AvgIpc) is 3.08. The van der Waals surface area contributed by atoms with Crippen molar-refractivity contribution in [2.24, 2.45) is 11.8 Å². The Morgan fingerprint density at radius 1 is 1.24 bits per heavy atom. The minimum atomic E-state index is -0.158. The number of benzene rings is 1. The zero-order valence-corrected chi connectivity index (χ0v) is 11.7. The van der Waals surface area contributed by atoms with Crippen molar-refractivity contribution in [2.75, 3.05) is 26.3 Å². The van der Waals surface area contributed by atoms with E-state index in [9.17, 15) is 9.59 Å². The molecule has 1 amide bonds. The number of amides is 1. The predicted molar refractivity (Wildman–Crippen MR) is 74.1 cm³/mol. The number of ether oxygens (including phenoxy) is 2. The largest absolute Gasteiger partial charge is 0.493 e. The van der Waals surface area contributed by atoms with Crippen molar-refractivity contribution < 1.29 is 19.1 Å². The van der Waals surface area contributed by atoms with Crippen LogP contribution in [0.2, 0.25) is 0 Å². The van der Waals surface area contributed by atoms with Gasteiger partial charge in [-0.05, 0) is 36.6 Å². The molecular weight excluding hydrogens is 270 g/mol. The minimum absolute atomic E-state index is 0.00516. The molecule has 3 aliphatic rings. The van der Waals surface area contributed by atoms with Crippen molar-refractivity contribution >= 4 is 11.9 Å². The number of aryl methyl sites for hydroxylation is 1. The van der Waals surface area contributed by atoms with Crippen molar-refractivity contribution in [1.82, 2.24) is 4.90 Å². The van der Waals surface area contributed by atoms with E-state index in [0.29, 0.717) is 25.3 Å². The number of esters is 1. The maximum atomic E-state index is 12.6. The third-order valence-electron chi connectivity index (χ3n) is 4.63. The van der Waals surface area contributed by atoms with Crippen LogP contribution < -0.4 is 4.74 Å². The molecule has 0 radical (unpaired) electrons. The molecule has 4 rings (SSSR count). The Balaban J connectivity index is 1.54. The third-order valence-corrected chi connectivity index (χ3v) is 4.63. The van der Waals surface area contributed by atoms with Gasteiger partial charge in [0.1, 0.15) is 5.75 Å². The van der Waals surface area contributed by atoms with Crippen LogP contribution in [0, 0.1) is 11.8 Å². The van der Waals surface area contributed by atoms with Crippen LogP contribution in [0.1, 0.15) is 22.3 Å². The van der Waals surface area contributed by atoms with E-state index in [4.69, 9.17) is 9.47 Å². The van der Waals surface area contributed by atoms with Gasteiger partial charge in [0, 0.05) is 24.6 Å². The van der Waals surface area contributed by atoms with E-state index in [1.165, 1.54) is 0 Å². The number of hydrogen-bond acceptors (Lipinski definition) is 4. The number of likely N-dealkylation sites (tertiary alicyclic amines) is 1. The van der Waals surface area contributed by atoms with Crippen molar-refractivity contribution in [3.63, 3.8) is 0 Å². The Morgan fingerprint density at radius 2 is 2.14 bits per heavy atom. The lowest BCUT2D eigenvalue weighted by Gasteiger charge is -2.20. The van der Waals surface area contributed by atoms with Gasteiger partial charge in [0.15, 0.2) is 0 Å². The number of nitrogens with zero attached hydrogens (tertiary/aromatic N) is 1. The molecule has 2 saturated heterocycles. The van der Waals surface area contributed by atoms with Gasteiger partial charge in [0.05, 0.1) is 19.1 Å². The molecule has 5 heteroatoms. The molecule has 0 saturated carbocycles. The van der Waals surface area contributed by atoms with E-state index in [2.05, 4.69) is 0 Å². The summed E-state index contributed by atoms with van der Waals surface area (Å²) in [6.45, 7) is 2.29. The van der Waals surface area contributed by atoms with E-state index in [1.54, 1.807) is 4.90 Å². The third kappa shape index (κ3) is 2.07. The van der Waals surface area contributed by atoms with Crippen molar-refractivity contribution in [2.45, 2.75) is 12.8 Å². The molecule has 1 aromatic carbocycles. The van der Waals surface area contributed by atoms with Crippen molar-refractivity contribution in [3.8, 4) is 5.75 Å². The summed E-state index contributed by atoms with van der Waals surface area (Å²) in [5, 5.41) is 0. The second-order valence-corrected chi connectivity index (χ2v) is 5.98. The summed E-state index contributed by atoms with van der Waals surface area (Å²) in [4.78, 5) is 26.0. The van der Waals surface area contributed by atoms with Crippen LogP contribution in [0.15, 0.2) is 18.2 Å². The molecule has 0 aliphatic carbocycles. The fourth-order valence-electron chi connectivity index (χ4n) is 3.45. The van der Waals surface area contributed by atoms with Gasteiger partial charge in [0.2, 0.25) is 0 Å². The van der Waals surface area contributed by atoms with Gasteiger partial charge in [-0.25, -0.2) is 0 Å². The van der Waals surface area contributed by atoms with E-state index in [1.807, 2.05) is 18.2 Å². The van der Waals surface area contributed by atoms with Crippen molar-refractivity contribution in [3.05, 3.63) is 29.3 Å². The van der Waals surface area contributed by atoms with Gasteiger partial charge in [-0.3, -0.25) is 9.59 Å². The average molecular weight is 287 g/mol. The highest BCUT2D eigenvalue weighted by Gasteiger charge is 2.45. The number of carbonyl (C=O) groups is 2. The number of cyclic esters (lactones) is 1. The minimum Gasteiger partial charge on any atom is -0.493 e. The first-order chi connectivity index (χ1) is 10.2. The monoisotopic (exact) mass is 287 g/mol. The topological polar surface area (TPSA) is 55.8 Å². The second-order valence-electron chi connectivity index (χ2n) is 5.98. The SMILES string of the molecule is O=C1OC[C@H]2CN(C(=O)c3ccc4c(c3)CCCO4)C[C@@H]12. The Morgan fingerprint density at radius 3 is 3.00 bits per heavy atom. The molecule has 0 spiro atoms. The number of rotatable bonds is 1. The Labute approximate surface area is 122 Å². The van der Waals surface area contributed by atoms with Gasteiger partial charge in [0.25, 0.3) is 5.91 Å². The summed E-state index contributed by atoms with van der Waals surface area (Å²) >= 11 is 0. The fraction of sp³-hybridized carbons (Fsp3) is 0.500. The highest BCUT2D eigenvalue weighted by Crippen LogP contribution is 2.32. The van der Waals surface area contributed by atoms with Gasteiger partial charge in [-0.2, -0.15) is 0 Å². The van der Waals surface area contributed by atoms with Crippen LogP contribution in [0.25, 0.3) is 0 Å². The van der Waals surface area contributed by atoms with Crippen LogP contribution >= 0.6 is 0 Å². The highest BCUT2D eigenvalue weighted by molar-refractivity contribution is 5.95. The number of fused-ring (bicyclic) bond motifs is 2. The Hall–Kier alpha value is -2.04. The van der Waals surface area contributed by atoms with E-state index in [0.717, 1.165) is 30.8 Å². The van der Waals surface area contributed by atoms with Crippen LogP contribution in [-0.4, -0.2) is 43.1 Å². The van der Waals surface area contributed by atoms with E-state index in [-0.39, 0.29) is 23.7 Å². The Kier molecular flexibility index (Phi) is 2.87. The maximum Gasteiger partial charge on any atom is 0.311 e. The zero-order valence-electron chi connectivity index (χ0n) is 11.7. The quantitative estimate of drug-likeness (QED) is 0.730. The van der Waals surface area contributed by atoms with Gasteiger partial charge in [-0.15, -0.1) is 0 Å². The molecule has 21 heavy (non-hydrogen) atoms. The first-order valence-electron chi connectivity index (χ1n) is 7.44. The molecule has 3 aliphatic heterocycles. The van der Waals surface area contributed by atoms with Gasteiger partial charge >= 0.3 is 5.97 Å². The summed E-state index contributed by atoms with van der Waals surface area (Å²) < 4.78 is 10.6. The lowest BCUT2D eigenvalue weighted by molar-refractivity contribution is -0.141. The molecule has 0 bridgehead atoms.